The Labute approximate surface area is 106 Å². The lowest BCUT2D eigenvalue weighted by Crippen LogP contribution is -2.22. The van der Waals surface area contributed by atoms with Gasteiger partial charge >= 0.3 is 5.97 Å². The molecular weight excluding hydrogens is 232 g/mol. The largest absolute Gasteiger partial charge is 0.461 e. The molecule has 1 atom stereocenters. The highest BCUT2D eigenvalue weighted by Crippen LogP contribution is 2.24. The Morgan fingerprint density at radius 2 is 2.39 bits per heavy atom. The van der Waals surface area contributed by atoms with Crippen molar-refractivity contribution >= 4 is 12.0 Å². The Kier molecular flexibility index (Phi) is 3.84. The van der Waals surface area contributed by atoms with Crippen molar-refractivity contribution in [3.8, 4) is 0 Å². The number of fused-ring (bicyclic) bond motifs is 1. The van der Waals surface area contributed by atoms with Gasteiger partial charge in [0.25, 0.3) is 0 Å². The number of rotatable bonds is 4. The highest BCUT2D eigenvalue weighted by Gasteiger charge is 2.22. The maximum absolute atomic E-state index is 11.9. The van der Waals surface area contributed by atoms with E-state index < -0.39 is 0 Å². The van der Waals surface area contributed by atoms with E-state index >= 15 is 0 Å². The van der Waals surface area contributed by atoms with Gasteiger partial charge in [-0.05, 0) is 31.1 Å². The molecular formula is C13H18N2O3. The van der Waals surface area contributed by atoms with Gasteiger partial charge in [0, 0.05) is 18.8 Å². The first-order valence-corrected chi connectivity index (χ1v) is 5.99. The monoisotopic (exact) mass is 250 g/mol. The Hall–Kier alpha value is -1.59. The molecule has 2 rings (SSSR count). The van der Waals surface area contributed by atoms with Crippen LogP contribution in [0, 0.1) is 0 Å². The van der Waals surface area contributed by atoms with E-state index in [2.05, 4.69) is 0 Å². The van der Waals surface area contributed by atoms with Crippen molar-refractivity contribution in [2.75, 3.05) is 13.7 Å². The molecule has 5 nitrogen and oxygen atoms in total. The molecule has 1 aromatic heterocycles. The van der Waals surface area contributed by atoms with Gasteiger partial charge in [0.15, 0.2) is 0 Å². The molecule has 0 aliphatic heterocycles. The molecule has 98 valence electrons. The van der Waals surface area contributed by atoms with Gasteiger partial charge in [-0.15, -0.1) is 0 Å². The van der Waals surface area contributed by atoms with E-state index in [0.29, 0.717) is 19.0 Å². The molecule has 0 aromatic carbocycles. The van der Waals surface area contributed by atoms with E-state index in [1.807, 2.05) is 22.8 Å². The minimum atomic E-state index is -0.328. The molecule has 0 amide bonds. The fraction of sp³-hybridized carbons (Fsp3) is 0.462. The molecule has 0 spiro atoms. The summed E-state index contributed by atoms with van der Waals surface area (Å²) in [5.74, 6) is -0.328. The van der Waals surface area contributed by atoms with Gasteiger partial charge in [-0.25, -0.2) is 4.79 Å². The maximum atomic E-state index is 11.9. The number of nitrogens with two attached hydrogens (primary N) is 1. The molecule has 0 radical (unpaired) electrons. The first-order valence-electron chi connectivity index (χ1n) is 5.99. The first-order chi connectivity index (χ1) is 8.67. The van der Waals surface area contributed by atoms with E-state index in [9.17, 15) is 4.79 Å². The molecule has 1 heterocycles. The third kappa shape index (κ3) is 2.32. The van der Waals surface area contributed by atoms with Crippen molar-refractivity contribution in [1.29, 1.82) is 0 Å². The summed E-state index contributed by atoms with van der Waals surface area (Å²) < 4.78 is 12.0. The Balaban J connectivity index is 2.41. The van der Waals surface area contributed by atoms with Crippen molar-refractivity contribution in [3.63, 3.8) is 0 Å². The summed E-state index contributed by atoms with van der Waals surface area (Å²) in [5, 5.41) is 0. The summed E-state index contributed by atoms with van der Waals surface area (Å²) in [6, 6.07) is 1.85. The zero-order chi connectivity index (χ0) is 13.1. The summed E-state index contributed by atoms with van der Waals surface area (Å²) in [4.78, 5) is 11.9. The van der Waals surface area contributed by atoms with Crippen molar-refractivity contribution in [1.82, 2.24) is 4.57 Å². The second-order valence-corrected chi connectivity index (χ2v) is 4.23. The van der Waals surface area contributed by atoms with Gasteiger partial charge in [0.1, 0.15) is 12.4 Å². The van der Waals surface area contributed by atoms with Gasteiger partial charge in [0.05, 0.1) is 6.61 Å². The van der Waals surface area contributed by atoms with Crippen LogP contribution in [-0.4, -0.2) is 30.3 Å². The molecule has 2 N–H and O–H groups in total. The standard InChI is InChI=1S/C13H18N2O3/c1-3-18-13(16)12-7-9-6-10(14)4-5-11(9)15(12)8-17-2/h4-5,7,10H,3,6,8,14H2,1-2H3. The summed E-state index contributed by atoms with van der Waals surface area (Å²) in [5.41, 5.74) is 8.42. The molecule has 0 saturated heterocycles. The summed E-state index contributed by atoms with van der Waals surface area (Å²) >= 11 is 0. The molecule has 0 saturated carbocycles. The minimum Gasteiger partial charge on any atom is -0.461 e. The predicted octanol–water partition coefficient (Wildman–Crippen LogP) is 1.17. The lowest BCUT2D eigenvalue weighted by Gasteiger charge is -2.15. The number of methoxy groups -OCH3 is 1. The van der Waals surface area contributed by atoms with Crippen molar-refractivity contribution in [2.24, 2.45) is 5.73 Å². The van der Waals surface area contributed by atoms with Gasteiger partial charge in [0.2, 0.25) is 0 Å². The number of aromatic nitrogens is 1. The molecule has 1 unspecified atom stereocenters. The number of nitrogens with zero attached hydrogens (tertiary/aromatic N) is 1. The van der Waals surface area contributed by atoms with Crippen LogP contribution in [0.25, 0.3) is 6.08 Å². The Bertz CT molecular complexity index is 477. The molecule has 18 heavy (non-hydrogen) atoms. The predicted molar refractivity (Wildman–Crippen MR) is 68.1 cm³/mol. The van der Waals surface area contributed by atoms with Crippen LogP contribution in [-0.2, 0) is 22.6 Å². The number of ether oxygens (including phenoxy) is 2. The van der Waals surface area contributed by atoms with Crippen LogP contribution in [0.2, 0.25) is 0 Å². The zero-order valence-electron chi connectivity index (χ0n) is 10.7. The number of carbonyl (C=O) groups is 1. The molecule has 5 heteroatoms. The smallest absolute Gasteiger partial charge is 0.355 e. The number of hydrogen-bond donors (Lipinski definition) is 1. The van der Waals surface area contributed by atoms with Gasteiger partial charge in [-0.3, -0.25) is 0 Å². The zero-order valence-corrected chi connectivity index (χ0v) is 10.7. The topological polar surface area (TPSA) is 66.5 Å². The van der Waals surface area contributed by atoms with Crippen LogP contribution in [0.4, 0.5) is 0 Å². The second-order valence-electron chi connectivity index (χ2n) is 4.23. The quantitative estimate of drug-likeness (QED) is 0.814. The molecule has 0 bridgehead atoms. The van der Waals surface area contributed by atoms with E-state index in [-0.39, 0.29) is 12.0 Å². The average molecular weight is 250 g/mol. The molecule has 1 aromatic rings. The van der Waals surface area contributed by atoms with Crippen LogP contribution >= 0.6 is 0 Å². The average Bonchev–Trinajstić information content (AvgIpc) is 2.68. The van der Waals surface area contributed by atoms with E-state index in [1.54, 1.807) is 14.0 Å². The Morgan fingerprint density at radius 1 is 1.61 bits per heavy atom. The highest BCUT2D eigenvalue weighted by atomic mass is 16.5. The number of carbonyl (C=O) groups excluding carboxylic acids is 1. The summed E-state index contributed by atoms with van der Waals surface area (Å²) in [7, 11) is 1.60. The minimum absolute atomic E-state index is 0.00550. The second kappa shape index (κ2) is 5.37. The summed E-state index contributed by atoms with van der Waals surface area (Å²) in [6.07, 6.45) is 4.60. The number of esters is 1. The highest BCUT2D eigenvalue weighted by molar-refractivity contribution is 5.89. The van der Waals surface area contributed by atoms with Gasteiger partial charge in [-0.2, -0.15) is 0 Å². The fourth-order valence-corrected chi connectivity index (χ4v) is 2.16. The Morgan fingerprint density at radius 3 is 3.06 bits per heavy atom. The van der Waals surface area contributed by atoms with Crippen LogP contribution in [0.15, 0.2) is 12.1 Å². The number of hydrogen-bond acceptors (Lipinski definition) is 4. The maximum Gasteiger partial charge on any atom is 0.355 e. The van der Waals surface area contributed by atoms with Crippen LogP contribution in [0.5, 0.6) is 0 Å². The van der Waals surface area contributed by atoms with Gasteiger partial charge in [-0.1, -0.05) is 6.08 Å². The van der Waals surface area contributed by atoms with Crippen molar-refractivity contribution < 1.29 is 14.3 Å². The summed E-state index contributed by atoms with van der Waals surface area (Å²) in [6.45, 7) is 2.47. The van der Waals surface area contributed by atoms with E-state index in [4.69, 9.17) is 15.2 Å². The lowest BCUT2D eigenvalue weighted by molar-refractivity contribution is 0.0494. The third-order valence-electron chi connectivity index (χ3n) is 2.92. The van der Waals surface area contributed by atoms with E-state index in [1.165, 1.54) is 0 Å². The van der Waals surface area contributed by atoms with Crippen LogP contribution < -0.4 is 5.73 Å². The molecule has 1 aliphatic rings. The molecule has 1 aliphatic carbocycles. The van der Waals surface area contributed by atoms with Crippen molar-refractivity contribution in [3.05, 3.63) is 29.1 Å². The lowest BCUT2D eigenvalue weighted by atomic mass is 10.0. The third-order valence-corrected chi connectivity index (χ3v) is 2.92. The van der Waals surface area contributed by atoms with Crippen LogP contribution in [0.3, 0.4) is 0 Å². The first kappa shape index (κ1) is 12.9. The van der Waals surface area contributed by atoms with Gasteiger partial charge < -0.3 is 19.8 Å². The molecule has 0 fully saturated rings. The van der Waals surface area contributed by atoms with E-state index in [0.717, 1.165) is 17.7 Å². The SMILES string of the molecule is CCOC(=O)c1cc2c(n1COC)C=CC(N)C2. The fourth-order valence-electron chi connectivity index (χ4n) is 2.16. The van der Waals surface area contributed by atoms with Crippen molar-refractivity contribution in [2.45, 2.75) is 26.1 Å². The normalized spacial score (nSPS) is 17.6. The van der Waals surface area contributed by atoms with Crippen LogP contribution in [0.1, 0.15) is 28.7 Å².